The van der Waals surface area contributed by atoms with Crippen LogP contribution < -0.4 is 10.2 Å². The second kappa shape index (κ2) is 6.86. The summed E-state index contributed by atoms with van der Waals surface area (Å²) in [6, 6.07) is 3.82. The Morgan fingerprint density at radius 2 is 2.12 bits per heavy atom. The SMILES string of the molecule is O=C(N[C@@H](c1nccs1)C1CC1)c1cc(N2CCOCC2)ccn1. The summed E-state index contributed by atoms with van der Waals surface area (Å²) in [4.78, 5) is 23.5. The molecule has 2 aliphatic rings. The van der Waals surface area contributed by atoms with Crippen molar-refractivity contribution < 1.29 is 9.53 Å². The molecule has 0 unspecified atom stereocenters. The van der Waals surface area contributed by atoms with Gasteiger partial charge in [0.05, 0.1) is 19.3 Å². The molecule has 126 valence electrons. The van der Waals surface area contributed by atoms with Gasteiger partial charge in [0.2, 0.25) is 0 Å². The second-order valence-corrected chi connectivity index (χ2v) is 7.08. The summed E-state index contributed by atoms with van der Waals surface area (Å²) in [5.74, 6) is 0.375. The fraction of sp³-hybridized carbons (Fsp3) is 0.471. The number of amides is 1. The second-order valence-electron chi connectivity index (χ2n) is 6.16. The van der Waals surface area contributed by atoms with Gasteiger partial charge >= 0.3 is 0 Å². The largest absolute Gasteiger partial charge is 0.378 e. The van der Waals surface area contributed by atoms with Gasteiger partial charge in [-0.3, -0.25) is 9.78 Å². The van der Waals surface area contributed by atoms with Crippen molar-refractivity contribution in [3.8, 4) is 0 Å². The van der Waals surface area contributed by atoms with E-state index in [9.17, 15) is 4.79 Å². The Morgan fingerprint density at radius 3 is 2.83 bits per heavy atom. The minimum atomic E-state index is -0.128. The van der Waals surface area contributed by atoms with Gasteiger partial charge in [0.25, 0.3) is 5.91 Å². The van der Waals surface area contributed by atoms with Crippen molar-refractivity contribution in [2.45, 2.75) is 18.9 Å². The lowest BCUT2D eigenvalue weighted by molar-refractivity contribution is 0.0926. The number of nitrogens with zero attached hydrogens (tertiary/aromatic N) is 3. The normalized spacial score (nSPS) is 19.1. The maximum absolute atomic E-state index is 12.7. The number of ether oxygens (including phenoxy) is 1. The Bertz CT molecular complexity index is 696. The summed E-state index contributed by atoms with van der Waals surface area (Å²) in [5.41, 5.74) is 1.48. The molecule has 0 radical (unpaired) electrons. The Balaban J connectivity index is 1.49. The molecule has 7 heteroatoms. The van der Waals surface area contributed by atoms with E-state index in [1.807, 2.05) is 17.5 Å². The first kappa shape index (κ1) is 15.5. The predicted molar refractivity (Wildman–Crippen MR) is 92.3 cm³/mol. The van der Waals surface area contributed by atoms with Crippen LogP contribution in [0.5, 0.6) is 0 Å². The monoisotopic (exact) mass is 344 g/mol. The van der Waals surface area contributed by atoms with E-state index in [4.69, 9.17) is 4.74 Å². The van der Waals surface area contributed by atoms with Gasteiger partial charge in [-0.25, -0.2) is 4.98 Å². The van der Waals surface area contributed by atoms with Crippen LogP contribution >= 0.6 is 11.3 Å². The van der Waals surface area contributed by atoms with E-state index in [0.29, 0.717) is 11.6 Å². The van der Waals surface area contributed by atoms with Crippen molar-refractivity contribution >= 4 is 22.9 Å². The molecule has 4 rings (SSSR count). The molecule has 3 heterocycles. The number of hydrogen-bond donors (Lipinski definition) is 1. The Morgan fingerprint density at radius 1 is 1.29 bits per heavy atom. The Kier molecular flexibility index (Phi) is 4.44. The number of morpholine rings is 1. The first-order valence-electron chi connectivity index (χ1n) is 8.30. The van der Waals surface area contributed by atoms with Gasteiger partial charge in [-0.05, 0) is 30.9 Å². The molecule has 0 bridgehead atoms. The molecule has 2 aromatic rings. The third-order valence-electron chi connectivity index (χ3n) is 4.45. The molecule has 1 saturated carbocycles. The first-order valence-corrected chi connectivity index (χ1v) is 9.18. The zero-order valence-electron chi connectivity index (χ0n) is 13.4. The third-order valence-corrected chi connectivity index (χ3v) is 5.31. The van der Waals surface area contributed by atoms with E-state index >= 15 is 0 Å². The lowest BCUT2D eigenvalue weighted by atomic mass is 10.2. The summed E-state index contributed by atoms with van der Waals surface area (Å²) in [6.45, 7) is 3.12. The van der Waals surface area contributed by atoms with E-state index in [0.717, 1.165) is 49.8 Å². The molecule has 0 spiro atoms. The molecule has 1 aliphatic heterocycles. The molecule has 0 aromatic carbocycles. The van der Waals surface area contributed by atoms with Crippen molar-refractivity contribution in [3.63, 3.8) is 0 Å². The van der Waals surface area contributed by atoms with Crippen LogP contribution in [0.2, 0.25) is 0 Å². The van der Waals surface area contributed by atoms with Crippen molar-refractivity contribution in [3.05, 3.63) is 40.6 Å². The molecular formula is C17H20N4O2S. The Labute approximate surface area is 144 Å². The molecule has 24 heavy (non-hydrogen) atoms. The van der Waals surface area contributed by atoms with Crippen LogP contribution in [0.4, 0.5) is 5.69 Å². The Hall–Kier alpha value is -1.99. The smallest absolute Gasteiger partial charge is 0.270 e. The molecule has 1 saturated heterocycles. The molecule has 1 atom stereocenters. The van der Waals surface area contributed by atoms with Gasteiger partial charge in [0.1, 0.15) is 10.7 Å². The average molecular weight is 344 g/mol. The van der Waals surface area contributed by atoms with Gasteiger partial charge in [-0.15, -0.1) is 11.3 Å². The lowest BCUT2D eigenvalue weighted by Crippen LogP contribution is -2.36. The molecule has 1 N–H and O–H groups in total. The summed E-state index contributed by atoms with van der Waals surface area (Å²) >= 11 is 1.59. The number of aromatic nitrogens is 2. The molecule has 1 amide bonds. The number of carbonyl (C=O) groups excluding carboxylic acids is 1. The van der Waals surface area contributed by atoms with Crippen LogP contribution in [-0.2, 0) is 4.74 Å². The van der Waals surface area contributed by atoms with E-state index < -0.39 is 0 Å². The van der Waals surface area contributed by atoms with Crippen LogP contribution in [-0.4, -0.2) is 42.2 Å². The lowest BCUT2D eigenvalue weighted by Gasteiger charge is -2.29. The van der Waals surface area contributed by atoms with Crippen LogP contribution in [0.1, 0.15) is 34.4 Å². The van der Waals surface area contributed by atoms with Crippen LogP contribution in [0, 0.1) is 5.92 Å². The standard InChI is InChI=1S/C17H20N4O2S/c22-16(20-15(12-1-2-12)17-19-5-10-24-17)14-11-13(3-4-18-14)21-6-8-23-9-7-21/h3-5,10-12,15H,1-2,6-9H2,(H,20,22)/t15-/m1/s1. The van der Waals surface area contributed by atoms with Crippen LogP contribution in [0.15, 0.2) is 29.9 Å². The quantitative estimate of drug-likeness (QED) is 0.901. The maximum atomic E-state index is 12.7. The average Bonchev–Trinajstić information content (AvgIpc) is 3.34. The van der Waals surface area contributed by atoms with Crippen LogP contribution in [0.3, 0.4) is 0 Å². The summed E-state index contributed by atoms with van der Waals surface area (Å²) < 4.78 is 5.38. The fourth-order valence-corrected chi connectivity index (χ4v) is 3.76. The van der Waals surface area contributed by atoms with Crippen molar-refractivity contribution in [1.29, 1.82) is 0 Å². The van der Waals surface area contributed by atoms with Gasteiger partial charge in [0.15, 0.2) is 0 Å². The molecule has 2 aromatic heterocycles. The van der Waals surface area contributed by atoms with E-state index in [-0.39, 0.29) is 11.9 Å². The maximum Gasteiger partial charge on any atom is 0.270 e. The molecule has 6 nitrogen and oxygen atoms in total. The van der Waals surface area contributed by atoms with Gasteiger partial charge in [-0.1, -0.05) is 0 Å². The molecular weight excluding hydrogens is 324 g/mol. The van der Waals surface area contributed by atoms with E-state index in [2.05, 4.69) is 20.2 Å². The minimum Gasteiger partial charge on any atom is -0.378 e. The zero-order valence-corrected chi connectivity index (χ0v) is 14.2. The van der Waals surface area contributed by atoms with Gasteiger partial charge < -0.3 is 15.0 Å². The highest BCUT2D eigenvalue weighted by atomic mass is 32.1. The van der Waals surface area contributed by atoms with E-state index in [1.54, 1.807) is 23.7 Å². The van der Waals surface area contributed by atoms with Crippen molar-refractivity contribution in [1.82, 2.24) is 15.3 Å². The summed E-state index contributed by atoms with van der Waals surface area (Å²) in [5, 5.41) is 6.07. The number of rotatable bonds is 5. The minimum absolute atomic E-state index is 0.00587. The first-order chi connectivity index (χ1) is 11.8. The molecule has 2 fully saturated rings. The highest BCUT2D eigenvalue weighted by Gasteiger charge is 2.35. The van der Waals surface area contributed by atoms with Gasteiger partial charge in [0, 0.05) is 36.6 Å². The number of carbonyl (C=O) groups is 1. The topological polar surface area (TPSA) is 67.4 Å². The van der Waals surface area contributed by atoms with Gasteiger partial charge in [-0.2, -0.15) is 0 Å². The highest BCUT2D eigenvalue weighted by molar-refractivity contribution is 7.09. The number of pyridine rings is 1. The molecule has 1 aliphatic carbocycles. The van der Waals surface area contributed by atoms with Crippen LogP contribution in [0.25, 0.3) is 0 Å². The number of nitrogens with one attached hydrogen (secondary N) is 1. The van der Waals surface area contributed by atoms with Crippen molar-refractivity contribution in [2.75, 3.05) is 31.2 Å². The number of anilines is 1. The summed E-state index contributed by atoms with van der Waals surface area (Å²) in [6.07, 6.45) is 5.78. The zero-order chi connectivity index (χ0) is 16.4. The third kappa shape index (κ3) is 3.42. The highest BCUT2D eigenvalue weighted by Crippen LogP contribution is 2.41. The summed E-state index contributed by atoms with van der Waals surface area (Å²) in [7, 11) is 0. The predicted octanol–water partition coefficient (Wildman–Crippen LogP) is 2.26. The van der Waals surface area contributed by atoms with Crippen molar-refractivity contribution in [2.24, 2.45) is 5.92 Å². The fourth-order valence-electron chi connectivity index (χ4n) is 2.98. The van der Waals surface area contributed by atoms with E-state index in [1.165, 1.54) is 0 Å². The number of hydrogen-bond acceptors (Lipinski definition) is 6. The number of thiazole rings is 1.